The molecule has 0 aromatic carbocycles. The lowest BCUT2D eigenvalue weighted by Gasteiger charge is -2.17. The maximum atomic E-state index is 5.08. The Morgan fingerprint density at radius 2 is 2.09 bits per heavy atom. The van der Waals surface area contributed by atoms with Gasteiger partial charge in [0.05, 0.1) is 6.61 Å². The van der Waals surface area contributed by atoms with Crippen molar-refractivity contribution < 1.29 is 4.74 Å². The van der Waals surface area contributed by atoms with E-state index in [1.165, 1.54) is 25.7 Å². The highest BCUT2D eigenvalue weighted by molar-refractivity contribution is 14.0. The summed E-state index contributed by atoms with van der Waals surface area (Å²) < 4.78 is 7.04. The molecule has 7 nitrogen and oxygen atoms in total. The second kappa shape index (κ2) is 9.98. The largest absolute Gasteiger partial charge is 0.383 e. The van der Waals surface area contributed by atoms with Crippen molar-refractivity contribution in [1.29, 1.82) is 0 Å². The van der Waals surface area contributed by atoms with Gasteiger partial charge in [0.2, 0.25) is 0 Å². The molecule has 126 valence electrons. The van der Waals surface area contributed by atoms with E-state index in [2.05, 4.69) is 25.8 Å². The van der Waals surface area contributed by atoms with Crippen molar-refractivity contribution in [3.63, 3.8) is 0 Å². The summed E-state index contributed by atoms with van der Waals surface area (Å²) in [6.07, 6.45) is 5.03. The zero-order valence-corrected chi connectivity index (χ0v) is 16.0. The molecule has 1 fully saturated rings. The number of ether oxygens (including phenoxy) is 1. The zero-order chi connectivity index (χ0) is 15.1. The minimum absolute atomic E-state index is 0. The fraction of sp³-hybridized carbons (Fsp3) is 0.786. The summed E-state index contributed by atoms with van der Waals surface area (Å²) in [5.41, 5.74) is 0. The molecule has 0 aliphatic heterocycles. The highest BCUT2D eigenvalue weighted by Crippen LogP contribution is 2.17. The molecule has 0 saturated heterocycles. The van der Waals surface area contributed by atoms with Gasteiger partial charge in [-0.3, -0.25) is 0 Å². The molecule has 1 saturated carbocycles. The van der Waals surface area contributed by atoms with Crippen molar-refractivity contribution >= 4 is 29.9 Å². The van der Waals surface area contributed by atoms with Gasteiger partial charge < -0.3 is 19.9 Å². The average molecular weight is 422 g/mol. The molecular formula is C14H27IN6O. The molecule has 1 aromatic rings. The molecule has 1 heterocycles. The van der Waals surface area contributed by atoms with E-state index in [0.717, 1.165) is 24.2 Å². The lowest BCUT2D eigenvalue weighted by Crippen LogP contribution is -2.43. The zero-order valence-electron chi connectivity index (χ0n) is 13.6. The highest BCUT2D eigenvalue weighted by atomic mass is 127. The van der Waals surface area contributed by atoms with Crippen LogP contribution >= 0.6 is 24.0 Å². The number of hydrogen-bond acceptors (Lipinski definition) is 4. The third-order valence-corrected chi connectivity index (χ3v) is 3.86. The van der Waals surface area contributed by atoms with Gasteiger partial charge in [0.1, 0.15) is 12.4 Å². The van der Waals surface area contributed by atoms with Gasteiger partial charge in [0.15, 0.2) is 11.8 Å². The number of rotatable bonds is 6. The fourth-order valence-corrected chi connectivity index (χ4v) is 2.43. The summed E-state index contributed by atoms with van der Waals surface area (Å²) in [6, 6.07) is 0.528. The highest BCUT2D eigenvalue weighted by Gasteiger charge is 2.16. The maximum absolute atomic E-state index is 5.08. The van der Waals surface area contributed by atoms with Crippen LogP contribution < -0.4 is 10.6 Å². The second-order valence-electron chi connectivity index (χ2n) is 5.43. The first-order chi connectivity index (χ1) is 10.2. The monoisotopic (exact) mass is 422 g/mol. The van der Waals surface area contributed by atoms with E-state index in [1.807, 2.05) is 18.5 Å². The second-order valence-corrected chi connectivity index (χ2v) is 5.43. The molecule has 0 bridgehead atoms. The van der Waals surface area contributed by atoms with Gasteiger partial charge in [-0.05, 0) is 19.8 Å². The minimum atomic E-state index is 0. The van der Waals surface area contributed by atoms with Crippen LogP contribution in [0, 0.1) is 6.92 Å². The Hall–Kier alpha value is -0.900. The SMILES string of the molecule is COCCNC(=NCc1nnc(C)n1C)NC1CCCC1.I. The van der Waals surface area contributed by atoms with Crippen LogP contribution in [0.4, 0.5) is 0 Å². The predicted molar refractivity (Wildman–Crippen MR) is 97.6 cm³/mol. The summed E-state index contributed by atoms with van der Waals surface area (Å²) in [6.45, 7) is 3.86. The molecular weight excluding hydrogens is 395 g/mol. The summed E-state index contributed by atoms with van der Waals surface area (Å²) in [5.74, 6) is 2.60. The van der Waals surface area contributed by atoms with Crippen LogP contribution in [0.25, 0.3) is 0 Å². The molecule has 2 rings (SSSR count). The van der Waals surface area contributed by atoms with E-state index in [4.69, 9.17) is 4.74 Å². The van der Waals surface area contributed by atoms with Crippen LogP contribution in [-0.2, 0) is 18.3 Å². The van der Waals surface area contributed by atoms with Crippen LogP contribution in [0.5, 0.6) is 0 Å². The Morgan fingerprint density at radius 3 is 2.68 bits per heavy atom. The molecule has 2 N–H and O–H groups in total. The third kappa shape index (κ3) is 5.71. The van der Waals surface area contributed by atoms with E-state index in [1.54, 1.807) is 7.11 Å². The number of aliphatic imine (C=N–C) groups is 1. The number of aryl methyl sites for hydroxylation is 1. The van der Waals surface area contributed by atoms with Crippen LogP contribution in [0.2, 0.25) is 0 Å². The minimum Gasteiger partial charge on any atom is -0.383 e. The summed E-state index contributed by atoms with van der Waals surface area (Å²) >= 11 is 0. The molecule has 0 atom stereocenters. The fourth-order valence-electron chi connectivity index (χ4n) is 2.43. The third-order valence-electron chi connectivity index (χ3n) is 3.86. The van der Waals surface area contributed by atoms with Crippen LogP contribution in [0.15, 0.2) is 4.99 Å². The van der Waals surface area contributed by atoms with Crippen LogP contribution in [0.1, 0.15) is 37.3 Å². The van der Waals surface area contributed by atoms with Crippen molar-refractivity contribution in [2.45, 2.75) is 45.2 Å². The van der Waals surface area contributed by atoms with E-state index < -0.39 is 0 Å². The van der Waals surface area contributed by atoms with Gasteiger partial charge in [0, 0.05) is 26.7 Å². The van der Waals surface area contributed by atoms with Gasteiger partial charge in [0.25, 0.3) is 0 Å². The number of methoxy groups -OCH3 is 1. The summed E-state index contributed by atoms with van der Waals surface area (Å²) in [5, 5.41) is 15.0. The lowest BCUT2D eigenvalue weighted by atomic mass is 10.2. The Kier molecular flexibility index (Phi) is 8.69. The number of guanidine groups is 1. The standard InChI is InChI=1S/C14H26N6O.HI/c1-11-18-19-13(20(11)2)10-16-14(15-8-9-21-3)17-12-6-4-5-7-12;/h12H,4-10H2,1-3H3,(H2,15,16,17);1H. The number of nitrogens with one attached hydrogen (secondary N) is 2. The van der Waals surface area contributed by atoms with Crippen molar-refractivity contribution in [3.05, 3.63) is 11.6 Å². The molecule has 22 heavy (non-hydrogen) atoms. The molecule has 1 aliphatic rings. The Morgan fingerprint density at radius 1 is 1.36 bits per heavy atom. The van der Waals surface area contributed by atoms with Crippen LogP contribution in [-0.4, -0.2) is 47.0 Å². The molecule has 0 radical (unpaired) electrons. The first-order valence-electron chi connectivity index (χ1n) is 7.59. The topological polar surface area (TPSA) is 76.4 Å². The van der Waals surface area contributed by atoms with Gasteiger partial charge in [-0.1, -0.05) is 12.8 Å². The van der Waals surface area contributed by atoms with E-state index >= 15 is 0 Å². The van der Waals surface area contributed by atoms with Gasteiger partial charge >= 0.3 is 0 Å². The molecule has 0 amide bonds. The smallest absolute Gasteiger partial charge is 0.192 e. The predicted octanol–water partition coefficient (Wildman–Crippen LogP) is 1.37. The van der Waals surface area contributed by atoms with Gasteiger partial charge in [-0.15, -0.1) is 34.2 Å². The summed E-state index contributed by atoms with van der Waals surface area (Å²) in [7, 11) is 3.66. The van der Waals surface area contributed by atoms with E-state index in [-0.39, 0.29) is 24.0 Å². The number of halogens is 1. The normalized spacial score (nSPS) is 15.7. The molecule has 8 heteroatoms. The molecule has 1 aliphatic carbocycles. The van der Waals surface area contributed by atoms with Crippen molar-refractivity contribution in [2.24, 2.45) is 12.0 Å². The van der Waals surface area contributed by atoms with Crippen molar-refractivity contribution in [2.75, 3.05) is 20.3 Å². The lowest BCUT2D eigenvalue weighted by molar-refractivity contribution is 0.203. The Balaban J connectivity index is 0.00000242. The quantitative estimate of drug-likeness (QED) is 0.314. The molecule has 1 aromatic heterocycles. The van der Waals surface area contributed by atoms with Gasteiger partial charge in [-0.25, -0.2) is 4.99 Å². The number of aromatic nitrogens is 3. The average Bonchev–Trinajstić information content (AvgIpc) is 3.09. The Labute approximate surface area is 149 Å². The first kappa shape index (κ1) is 19.1. The summed E-state index contributed by atoms with van der Waals surface area (Å²) in [4.78, 5) is 4.62. The van der Waals surface area contributed by atoms with Crippen LogP contribution in [0.3, 0.4) is 0 Å². The number of hydrogen-bond donors (Lipinski definition) is 2. The first-order valence-corrected chi connectivity index (χ1v) is 7.59. The van der Waals surface area contributed by atoms with Crippen molar-refractivity contribution in [3.8, 4) is 0 Å². The van der Waals surface area contributed by atoms with E-state index in [9.17, 15) is 0 Å². The van der Waals surface area contributed by atoms with E-state index in [0.29, 0.717) is 19.2 Å². The maximum Gasteiger partial charge on any atom is 0.192 e. The molecule has 0 unspecified atom stereocenters. The van der Waals surface area contributed by atoms with Crippen molar-refractivity contribution in [1.82, 2.24) is 25.4 Å². The Bertz CT molecular complexity index is 470. The number of nitrogens with zero attached hydrogens (tertiary/aromatic N) is 4. The van der Waals surface area contributed by atoms with Gasteiger partial charge in [-0.2, -0.15) is 0 Å². The molecule has 0 spiro atoms.